The maximum Gasteiger partial charge on any atom is 0.134 e. The Morgan fingerprint density at radius 1 is 1.18 bits per heavy atom. The van der Waals surface area contributed by atoms with E-state index in [1.807, 2.05) is 19.9 Å². The molecule has 0 amide bonds. The average molecular weight is 587 g/mol. The molecule has 0 spiro atoms. The van der Waals surface area contributed by atoms with Crippen LogP contribution in [-0.2, 0) is 4.74 Å². The predicted octanol–water partition coefficient (Wildman–Crippen LogP) is 9.13. The van der Waals surface area contributed by atoms with Gasteiger partial charge in [0, 0.05) is 40.1 Å². The number of benzene rings is 2. The number of hydrogen-bond donors (Lipinski definition) is 4. The first-order valence-electron chi connectivity index (χ1n) is 14.0. The third-order valence-electron chi connectivity index (χ3n) is 7.90. The van der Waals surface area contributed by atoms with Crippen molar-refractivity contribution in [3.05, 3.63) is 86.9 Å². The third-order valence-corrected chi connectivity index (χ3v) is 8.53. The lowest BCUT2D eigenvalue weighted by molar-refractivity contribution is 0.0633. The van der Waals surface area contributed by atoms with E-state index in [1.54, 1.807) is 24.3 Å². The highest BCUT2D eigenvalue weighted by Crippen LogP contribution is 2.38. The highest BCUT2D eigenvalue weighted by Gasteiger charge is 2.32. The molecule has 0 aromatic heterocycles. The van der Waals surface area contributed by atoms with E-state index in [9.17, 15) is 9.50 Å². The topological polar surface area (TPSA) is 89.2 Å². The molecule has 2 saturated carbocycles. The summed E-state index contributed by atoms with van der Waals surface area (Å²) in [6.45, 7) is 8.19. The first-order valence-corrected chi connectivity index (χ1v) is 14.7. The lowest BCUT2D eigenvalue weighted by Crippen LogP contribution is -2.27. The molecular weight excluding hydrogens is 548 g/mol. The van der Waals surface area contributed by atoms with Crippen LogP contribution in [0, 0.1) is 28.5 Å². The summed E-state index contributed by atoms with van der Waals surface area (Å²) in [6, 6.07) is 10.1. The summed E-state index contributed by atoms with van der Waals surface area (Å²) in [6.07, 6.45) is 5.29. The van der Waals surface area contributed by atoms with E-state index >= 15 is 0 Å². The molecule has 4 N–H and O–H groups in total. The third kappa shape index (κ3) is 7.34. The second kappa shape index (κ2) is 13.3. The van der Waals surface area contributed by atoms with Crippen molar-refractivity contribution in [2.45, 2.75) is 70.9 Å². The van der Waals surface area contributed by atoms with Gasteiger partial charge in [-0.3, -0.25) is 5.41 Å². The second-order valence-electron chi connectivity index (χ2n) is 11.0. The van der Waals surface area contributed by atoms with Crippen LogP contribution in [-0.4, -0.2) is 35.3 Å². The van der Waals surface area contributed by atoms with Crippen LogP contribution >= 0.6 is 23.2 Å². The number of hydrogen-bond acceptors (Lipinski definition) is 5. The standard InChI is InChI=1S/C32H38Cl2FN3O2/c1-4-19(3)30(36)24-13-12-22(16-28(24)35)38-21-11-8-18(2)14-23(15-21)40-17-25(32(39)20-9-10-20)31(37)29-26(33)6-5-7-27(29)34/h5-7,12-13,16,19-21,23,36-39H,2,4,8-11,14-15,17H2,1,3H3/b32-25-,36-30?,37-31?. The first-order chi connectivity index (χ1) is 19.1. The van der Waals surface area contributed by atoms with Crippen molar-refractivity contribution in [3.8, 4) is 0 Å². The number of aliphatic hydroxyl groups excluding tert-OH is 1. The zero-order valence-electron chi connectivity index (χ0n) is 23.1. The Kier molecular flexibility index (Phi) is 10.1. The van der Waals surface area contributed by atoms with Gasteiger partial charge in [-0.15, -0.1) is 0 Å². The summed E-state index contributed by atoms with van der Waals surface area (Å²) in [5.41, 5.74) is 3.24. The number of allylic oxidation sites excluding steroid dienone is 1. The second-order valence-corrected chi connectivity index (χ2v) is 11.8. The summed E-state index contributed by atoms with van der Waals surface area (Å²) in [5, 5.41) is 32.3. The fourth-order valence-electron chi connectivity index (χ4n) is 5.07. The number of anilines is 1. The molecule has 5 nitrogen and oxygen atoms in total. The highest BCUT2D eigenvalue weighted by atomic mass is 35.5. The molecule has 0 radical (unpaired) electrons. The van der Waals surface area contributed by atoms with Crippen molar-refractivity contribution in [1.82, 2.24) is 0 Å². The molecular formula is C32H38Cl2FN3O2. The quantitative estimate of drug-likeness (QED) is 0.0916. The zero-order valence-corrected chi connectivity index (χ0v) is 24.6. The fourth-order valence-corrected chi connectivity index (χ4v) is 5.66. The van der Waals surface area contributed by atoms with Crippen molar-refractivity contribution in [1.29, 1.82) is 10.8 Å². The smallest absolute Gasteiger partial charge is 0.134 e. The molecule has 2 aromatic carbocycles. The molecule has 3 atom stereocenters. The van der Waals surface area contributed by atoms with Gasteiger partial charge in [-0.1, -0.05) is 55.3 Å². The molecule has 0 aliphatic heterocycles. The molecule has 214 valence electrons. The van der Waals surface area contributed by atoms with Crippen LogP contribution in [0.2, 0.25) is 10.0 Å². The van der Waals surface area contributed by atoms with E-state index in [-0.39, 0.29) is 42.1 Å². The van der Waals surface area contributed by atoms with Gasteiger partial charge in [-0.05, 0) is 81.2 Å². The lowest BCUT2D eigenvalue weighted by atomic mass is 9.95. The van der Waals surface area contributed by atoms with E-state index in [0.717, 1.165) is 37.7 Å². The van der Waals surface area contributed by atoms with E-state index in [4.69, 9.17) is 38.8 Å². The summed E-state index contributed by atoms with van der Waals surface area (Å²) < 4.78 is 21.3. The highest BCUT2D eigenvalue weighted by molar-refractivity contribution is 6.41. The number of ether oxygens (including phenoxy) is 1. The van der Waals surface area contributed by atoms with Gasteiger partial charge in [0.15, 0.2) is 0 Å². The van der Waals surface area contributed by atoms with Gasteiger partial charge in [0.1, 0.15) is 11.6 Å². The van der Waals surface area contributed by atoms with Crippen molar-refractivity contribution in [3.63, 3.8) is 0 Å². The predicted molar refractivity (Wildman–Crippen MR) is 163 cm³/mol. The van der Waals surface area contributed by atoms with Gasteiger partial charge >= 0.3 is 0 Å². The molecule has 2 fully saturated rings. The van der Waals surface area contributed by atoms with Crippen molar-refractivity contribution < 1.29 is 14.2 Å². The number of aliphatic hydroxyl groups is 1. The largest absolute Gasteiger partial charge is 0.512 e. The Hall–Kier alpha value is -2.67. The molecule has 2 aromatic rings. The molecule has 0 saturated heterocycles. The van der Waals surface area contributed by atoms with Crippen molar-refractivity contribution in [2.75, 3.05) is 11.9 Å². The van der Waals surface area contributed by atoms with Gasteiger partial charge in [0.05, 0.1) is 28.5 Å². The maximum absolute atomic E-state index is 14.9. The van der Waals surface area contributed by atoms with Crippen LogP contribution in [0.15, 0.2) is 59.9 Å². The van der Waals surface area contributed by atoms with Crippen LogP contribution in [0.5, 0.6) is 0 Å². The van der Waals surface area contributed by atoms with E-state index in [1.165, 1.54) is 6.07 Å². The average Bonchev–Trinajstić information content (AvgIpc) is 3.77. The van der Waals surface area contributed by atoms with E-state index in [0.29, 0.717) is 51.0 Å². The molecule has 0 bridgehead atoms. The molecule has 8 heteroatoms. The van der Waals surface area contributed by atoms with Crippen molar-refractivity contribution >= 4 is 40.3 Å². The Balaban J connectivity index is 1.47. The van der Waals surface area contributed by atoms with Gasteiger partial charge in [-0.25, -0.2) is 4.39 Å². The van der Waals surface area contributed by atoms with Crippen LogP contribution in [0.3, 0.4) is 0 Å². The number of halogens is 3. The van der Waals surface area contributed by atoms with E-state index in [2.05, 4.69) is 11.9 Å². The summed E-state index contributed by atoms with van der Waals surface area (Å²) in [4.78, 5) is 0. The van der Waals surface area contributed by atoms with Crippen LogP contribution in [0.4, 0.5) is 10.1 Å². The summed E-state index contributed by atoms with van der Waals surface area (Å²) in [7, 11) is 0. The number of nitrogens with one attached hydrogen (secondary N) is 3. The minimum atomic E-state index is -0.400. The van der Waals surface area contributed by atoms with Gasteiger partial charge < -0.3 is 20.6 Å². The molecule has 2 aliphatic rings. The minimum Gasteiger partial charge on any atom is -0.512 e. The molecule has 4 rings (SSSR count). The number of rotatable bonds is 11. The normalized spacial score (nSPS) is 20.9. The summed E-state index contributed by atoms with van der Waals surface area (Å²) in [5.74, 6) is -0.212. The van der Waals surface area contributed by atoms with Gasteiger partial charge in [0.25, 0.3) is 0 Å². The first kappa shape index (κ1) is 30.3. The maximum atomic E-state index is 14.9. The molecule has 2 aliphatic carbocycles. The zero-order chi connectivity index (χ0) is 29.0. The fraction of sp³-hybridized carbons (Fsp3) is 0.438. The Labute approximate surface area is 246 Å². The lowest BCUT2D eigenvalue weighted by Gasteiger charge is -2.24. The van der Waals surface area contributed by atoms with Crippen molar-refractivity contribution in [2.24, 2.45) is 11.8 Å². The Morgan fingerprint density at radius 2 is 1.88 bits per heavy atom. The summed E-state index contributed by atoms with van der Waals surface area (Å²) >= 11 is 12.8. The molecule has 40 heavy (non-hydrogen) atoms. The van der Waals surface area contributed by atoms with Crippen LogP contribution in [0.25, 0.3) is 0 Å². The Bertz CT molecular complexity index is 1300. The van der Waals surface area contributed by atoms with Crippen LogP contribution in [0.1, 0.15) is 69.9 Å². The van der Waals surface area contributed by atoms with E-state index < -0.39 is 5.82 Å². The SMILES string of the molecule is C=C1CCC(Nc2ccc(C(=N)C(C)CC)c(F)c2)CC(OC/C(C(=N)c2c(Cl)cccc2Cl)=C(/O)C2CC2)C1. The Morgan fingerprint density at radius 3 is 2.50 bits per heavy atom. The molecule has 0 heterocycles. The minimum absolute atomic E-state index is 0.00667. The van der Waals surface area contributed by atoms with Gasteiger partial charge in [-0.2, -0.15) is 0 Å². The monoisotopic (exact) mass is 585 g/mol. The van der Waals surface area contributed by atoms with Gasteiger partial charge in [0.2, 0.25) is 0 Å². The molecule has 3 unspecified atom stereocenters. The van der Waals surface area contributed by atoms with Crippen LogP contribution < -0.4 is 5.32 Å².